The minimum atomic E-state index is 0.864. The van der Waals surface area contributed by atoms with Gasteiger partial charge in [0.1, 0.15) is 0 Å². The second kappa shape index (κ2) is 11.6. The van der Waals surface area contributed by atoms with Crippen molar-refractivity contribution in [3.63, 3.8) is 0 Å². The van der Waals surface area contributed by atoms with Crippen molar-refractivity contribution in [1.82, 2.24) is 0 Å². The van der Waals surface area contributed by atoms with E-state index in [1.54, 1.807) is 0 Å². The summed E-state index contributed by atoms with van der Waals surface area (Å²) in [6, 6.07) is 0. The molecule has 2 saturated heterocycles. The predicted octanol–water partition coefficient (Wildman–Crippen LogP) is 5.06. The van der Waals surface area contributed by atoms with Crippen molar-refractivity contribution >= 4 is 0 Å². The molecule has 0 amide bonds. The summed E-state index contributed by atoms with van der Waals surface area (Å²) in [4.78, 5) is 0. The minimum absolute atomic E-state index is 0.864. The van der Waals surface area contributed by atoms with Crippen LogP contribution in [0, 0.1) is 17.8 Å². The Morgan fingerprint density at radius 1 is 0.850 bits per heavy atom. The van der Waals surface area contributed by atoms with Crippen molar-refractivity contribution in [3.05, 3.63) is 0 Å². The standard InChI is InChI=1S/2C9H18O/c1-8(2)7-9-3-5-10-6-4-9;1-2-3-4-9-5-7-10-8-6-9/h8-9H,3-7H2,1-2H3;9H,2-8H2,1H3. The molecular weight excluding hydrogens is 248 g/mol. The molecule has 2 nitrogen and oxygen atoms in total. The molecule has 2 heterocycles. The molecule has 0 saturated carbocycles. The van der Waals surface area contributed by atoms with Crippen molar-refractivity contribution in [2.75, 3.05) is 26.4 Å². The van der Waals surface area contributed by atoms with Gasteiger partial charge in [0.15, 0.2) is 0 Å². The minimum Gasteiger partial charge on any atom is -0.381 e. The first-order chi connectivity index (χ1) is 9.72. The van der Waals surface area contributed by atoms with E-state index in [9.17, 15) is 0 Å². The molecule has 120 valence electrons. The Bertz CT molecular complexity index is 203. The van der Waals surface area contributed by atoms with E-state index in [1.807, 2.05) is 0 Å². The lowest BCUT2D eigenvalue weighted by Crippen LogP contribution is -2.16. The SMILES string of the molecule is CC(C)CC1CCOCC1.CCCCC1CCOCC1. The molecule has 0 spiro atoms. The van der Waals surface area contributed by atoms with E-state index in [-0.39, 0.29) is 0 Å². The van der Waals surface area contributed by atoms with E-state index >= 15 is 0 Å². The third kappa shape index (κ3) is 8.97. The number of ether oxygens (including phenoxy) is 2. The van der Waals surface area contributed by atoms with E-state index in [2.05, 4.69) is 20.8 Å². The van der Waals surface area contributed by atoms with Gasteiger partial charge in [-0.15, -0.1) is 0 Å². The highest BCUT2D eigenvalue weighted by Gasteiger charge is 2.14. The molecule has 2 rings (SSSR count). The Labute approximate surface area is 126 Å². The number of hydrogen-bond donors (Lipinski definition) is 0. The van der Waals surface area contributed by atoms with Gasteiger partial charge in [-0.05, 0) is 49.9 Å². The molecule has 0 aromatic heterocycles. The predicted molar refractivity (Wildman–Crippen MR) is 86.1 cm³/mol. The Kier molecular flexibility index (Phi) is 10.4. The summed E-state index contributed by atoms with van der Waals surface area (Å²) in [7, 11) is 0. The Balaban J connectivity index is 0.000000200. The second-order valence-electron chi connectivity index (χ2n) is 6.88. The highest BCUT2D eigenvalue weighted by atomic mass is 16.5. The molecule has 20 heavy (non-hydrogen) atoms. The van der Waals surface area contributed by atoms with Crippen LogP contribution in [-0.2, 0) is 9.47 Å². The van der Waals surface area contributed by atoms with E-state index in [1.165, 1.54) is 51.4 Å². The fourth-order valence-corrected chi connectivity index (χ4v) is 3.18. The largest absolute Gasteiger partial charge is 0.381 e. The summed E-state index contributed by atoms with van der Waals surface area (Å²) >= 11 is 0. The van der Waals surface area contributed by atoms with Crippen LogP contribution in [0.1, 0.15) is 72.1 Å². The summed E-state index contributed by atoms with van der Waals surface area (Å²) in [5.41, 5.74) is 0. The monoisotopic (exact) mass is 284 g/mol. The van der Waals surface area contributed by atoms with Gasteiger partial charge in [0.2, 0.25) is 0 Å². The summed E-state index contributed by atoms with van der Waals surface area (Å²) < 4.78 is 10.6. The normalized spacial score (nSPS) is 21.6. The summed E-state index contributed by atoms with van der Waals surface area (Å²) in [6.07, 6.45) is 10.8. The Hall–Kier alpha value is -0.0800. The molecule has 0 N–H and O–H groups in total. The van der Waals surface area contributed by atoms with Gasteiger partial charge in [0.25, 0.3) is 0 Å². The quantitative estimate of drug-likeness (QED) is 0.702. The zero-order chi connectivity index (χ0) is 14.6. The average molecular weight is 284 g/mol. The van der Waals surface area contributed by atoms with Gasteiger partial charge in [0.05, 0.1) is 0 Å². The molecule has 2 aliphatic heterocycles. The third-order valence-electron chi connectivity index (χ3n) is 4.45. The van der Waals surface area contributed by atoms with Crippen molar-refractivity contribution in [3.8, 4) is 0 Å². The first kappa shape index (κ1) is 18.0. The van der Waals surface area contributed by atoms with Crippen LogP contribution >= 0.6 is 0 Å². The van der Waals surface area contributed by atoms with Gasteiger partial charge in [0, 0.05) is 26.4 Å². The van der Waals surface area contributed by atoms with Crippen molar-refractivity contribution in [1.29, 1.82) is 0 Å². The molecule has 0 atom stereocenters. The van der Waals surface area contributed by atoms with Crippen LogP contribution in [0.15, 0.2) is 0 Å². The number of unbranched alkanes of at least 4 members (excludes halogenated alkanes) is 1. The van der Waals surface area contributed by atoms with E-state index in [0.717, 1.165) is 44.2 Å². The van der Waals surface area contributed by atoms with Gasteiger partial charge in [-0.2, -0.15) is 0 Å². The lowest BCUT2D eigenvalue weighted by atomic mass is 9.91. The molecule has 0 aliphatic carbocycles. The molecular formula is C18H36O2. The van der Waals surface area contributed by atoms with Crippen LogP contribution in [-0.4, -0.2) is 26.4 Å². The zero-order valence-corrected chi connectivity index (χ0v) is 14.0. The second-order valence-corrected chi connectivity index (χ2v) is 6.88. The van der Waals surface area contributed by atoms with E-state index in [0.29, 0.717) is 0 Å². The lowest BCUT2D eigenvalue weighted by molar-refractivity contribution is 0.0602. The molecule has 2 aliphatic rings. The summed E-state index contributed by atoms with van der Waals surface area (Å²) in [5.74, 6) is 2.80. The van der Waals surface area contributed by atoms with Gasteiger partial charge in [-0.25, -0.2) is 0 Å². The fraction of sp³-hybridized carbons (Fsp3) is 1.00. The maximum Gasteiger partial charge on any atom is 0.0468 e. The molecule has 0 aromatic carbocycles. The lowest BCUT2D eigenvalue weighted by Gasteiger charge is -2.23. The Morgan fingerprint density at radius 2 is 1.35 bits per heavy atom. The highest BCUT2D eigenvalue weighted by molar-refractivity contribution is 4.64. The fourth-order valence-electron chi connectivity index (χ4n) is 3.18. The van der Waals surface area contributed by atoms with Crippen molar-refractivity contribution in [2.45, 2.75) is 72.1 Å². The smallest absolute Gasteiger partial charge is 0.0468 e. The first-order valence-electron chi connectivity index (χ1n) is 8.87. The maximum atomic E-state index is 5.28. The van der Waals surface area contributed by atoms with Crippen molar-refractivity contribution < 1.29 is 9.47 Å². The molecule has 0 radical (unpaired) electrons. The Morgan fingerprint density at radius 3 is 1.80 bits per heavy atom. The van der Waals surface area contributed by atoms with Crippen LogP contribution in [0.3, 0.4) is 0 Å². The van der Waals surface area contributed by atoms with Crippen LogP contribution in [0.4, 0.5) is 0 Å². The van der Waals surface area contributed by atoms with E-state index in [4.69, 9.17) is 9.47 Å². The van der Waals surface area contributed by atoms with Gasteiger partial charge >= 0.3 is 0 Å². The zero-order valence-electron chi connectivity index (χ0n) is 14.0. The molecule has 0 aromatic rings. The summed E-state index contributed by atoms with van der Waals surface area (Å²) in [5, 5.41) is 0. The topological polar surface area (TPSA) is 18.5 Å². The van der Waals surface area contributed by atoms with Gasteiger partial charge in [-0.1, -0.05) is 40.0 Å². The summed E-state index contributed by atoms with van der Waals surface area (Å²) in [6.45, 7) is 10.9. The maximum absolute atomic E-state index is 5.28. The molecule has 2 fully saturated rings. The highest BCUT2D eigenvalue weighted by Crippen LogP contribution is 2.22. The van der Waals surface area contributed by atoms with E-state index < -0.39 is 0 Å². The number of rotatable bonds is 5. The van der Waals surface area contributed by atoms with Crippen LogP contribution in [0.2, 0.25) is 0 Å². The third-order valence-corrected chi connectivity index (χ3v) is 4.45. The van der Waals surface area contributed by atoms with Gasteiger partial charge in [-0.3, -0.25) is 0 Å². The van der Waals surface area contributed by atoms with Crippen molar-refractivity contribution in [2.24, 2.45) is 17.8 Å². The number of hydrogen-bond acceptors (Lipinski definition) is 2. The van der Waals surface area contributed by atoms with Crippen LogP contribution in [0.25, 0.3) is 0 Å². The molecule has 2 heteroatoms. The molecule has 0 unspecified atom stereocenters. The van der Waals surface area contributed by atoms with Crippen LogP contribution < -0.4 is 0 Å². The van der Waals surface area contributed by atoms with Crippen LogP contribution in [0.5, 0.6) is 0 Å². The first-order valence-corrected chi connectivity index (χ1v) is 8.87. The van der Waals surface area contributed by atoms with Gasteiger partial charge < -0.3 is 9.47 Å². The molecule has 0 bridgehead atoms. The average Bonchev–Trinajstić information content (AvgIpc) is 2.47.